The van der Waals surface area contributed by atoms with Crippen molar-refractivity contribution in [1.82, 2.24) is 10.2 Å². The molecule has 0 fully saturated rings. The van der Waals surface area contributed by atoms with E-state index in [0.717, 1.165) is 0 Å². The molecule has 6 heteroatoms. The predicted molar refractivity (Wildman–Crippen MR) is 50.0 cm³/mol. The highest BCUT2D eigenvalue weighted by atomic mass is 16.5. The predicted octanol–water partition coefficient (Wildman–Crippen LogP) is -1.24. The van der Waals surface area contributed by atoms with Crippen molar-refractivity contribution in [2.75, 3.05) is 34.4 Å². The molecule has 0 aliphatic heterocycles. The topological polar surface area (TPSA) is 78.9 Å². The van der Waals surface area contributed by atoms with Gasteiger partial charge in [-0.05, 0) is 14.1 Å². The van der Waals surface area contributed by atoms with E-state index in [1.54, 1.807) is 19.0 Å². The second kappa shape index (κ2) is 6.33. The van der Waals surface area contributed by atoms with E-state index in [4.69, 9.17) is 5.11 Å². The Bertz CT molecular complexity index is 206. The summed E-state index contributed by atoms with van der Waals surface area (Å²) in [6, 6.07) is -0.979. The van der Waals surface area contributed by atoms with Crippen molar-refractivity contribution in [3.8, 4) is 0 Å². The van der Waals surface area contributed by atoms with Crippen molar-refractivity contribution in [1.29, 1.82) is 0 Å². The molecule has 0 aromatic rings. The third-order valence-corrected chi connectivity index (χ3v) is 1.43. The minimum Gasteiger partial charge on any atom is -0.480 e. The van der Waals surface area contributed by atoms with Gasteiger partial charge in [0.1, 0.15) is 0 Å². The minimum absolute atomic E-state index is 0.0332. The maximum absolute atomic E-state index is 11.2. The second-order valence-corrected chi connectivity index (χ2v) is 3.15. The molecule has 2 N–H and O–H groups in total. The summed E-state index contributed by atoms with van der Waals surface area (Å²) in [4.78, 5) is 23.4. The number of carboxylic acid groups (broad SMARTS) is 1. The summed E-state index contributed by atoms with van der Waals surface area (Å²) in [7, 11) is 4.84. The average Bonchev–Trinajstić information content (AvgIpc) is 2.01. The Morgan fingerprint density at radius 1 is 1.50 bits per heavy atom. The van der Waals surface area contributed by atoms with E-state index in [9.17, 15) is 9.59 Å². The van der Waals surface area contributed by atoms with Gasteiger partial charge in [-0.15, -0.1) is 0 Å². The Balaban J connectivity index is 4.02. The highest BCUT2D eigenvalue weighted by Gasteiger charge is 2.19. The first kappa shape index (κ1) is 12.9. The number of hydrogen-bond donors (Lipinski definition) is 2. The summed E-state index contributed by atoms with van der Waals surface area (Å²) in [5.74, 6) is -1.43. The van der Waals surface area contributed by atoms with Gasteiger partial charge in [0.15, 0.2) is 6.04 Å². The van der Waals surface area contributed by atoms with E-state index in [1.807, 2.05) is 0 Å². The maximum Gasteiger partial charge on any atom is 0.328 e. The number of ether oxygens (including phenoxy) is 1. The molecule has 1 amide bonds. The van der Waals surface area contributed by atoms with Crippen LogP contribution in [0.4, 0.5) is 0 Å². The summed E-state index contributed by atoms with van der Waals surface area (Å²) < 4.78 is 4.66. The quantitative estimate of drug-likeness (QED) is 0.566. The number of carboxylic acids is 1. The van der Waals surface area contributed by atoms with Crippen LogP contribution in [-0.2, 0) is 14.3 Å². The summed E-state index contributed by atoms with van der Waals surface area (Å²) in [5.41, 5.74) is 0. The molecular weight excluding hydrogens is 188 g/mol. The van der Waals surface area contributed by atoms with Gasteiger partial charge >= 0.3 is 5.97 Å². The lowest BCUT2D eigenvalue weighted by molar-refractivity contribution is -0.143. The molecule has 0 saturated heterocycles. The van der Waals surface area contributed by atoms with Crippen LogP contribution in [0.5, 0.6) is 0 Å². The molecule has 1 atom stereocenters. The van der Waals surface area contributed by atoms with Crippen LogP contribution in [0.2, 0.25) is 0 Å². The van der Waals surface area contributed by atoms with Crippen LogP contribution in [0.15, 0.2) is 0 Å². The molecule has 0 radical (unpaired) electrons. The highest BCUT2D eigenvalue weighted by Crippen LogP contribution is 1.86. The third-order valence-electron chi connectivity index (χ3n) is 1.43. The van der Waals surface area contributed by atoms with Crippen molar-refractivity contribution in [2.24, 2.45) is 0 Å². The second-order valence-electron chi connectivity index (χ2n) is 3.15. The van der Waals surface area contributed by atoms with Crippen molar-refractivity contribution in [3.05, 3.63) is 0 Å². The Morgan fingerprint density at radius 2 is 2.07 bits per heavy atom. The fourth-order valence-corrected chi connectivity index (χ4v) is 0.869. The fraction of sp³-hybridized carbons (Fsp3) is 0.750. The van der Waals surface area contributed by atoms with Gasteiger partial charge in [-0.3, -0.25) is 4.79 Å². The van der Waals surface area contributed by atoms with Crippen molar-refractivity contribution in [3.63, 3.8) is 0 Å². The van der Waals surface area contributed by atoms with Gasteiger partial charge in [0.2, 0.25) is 5.91 Å². The molecule has 0 aromatic carbocycles. The third kappa shape index (κ3) is 5.50. The smallest absolute Gasteiger partial charge is 0.328 e. The Kier molecular flexibility index (Phi) is 5.82. The van der Waals surface area contributed by atoms with E-state index >= 15 is 0 Å². The van der Waals surface area contributed by atoms with Crippen LogP contribution in [0.25, 0.3) is 0 Å². The van der Waals surface area contributed by atoms with Crippen LogP contribution < -0.4 is 5.32 Å². The number of aliphatic carboxylic acids is 1. The molecule has 0 heterocycles. The lowest BCUT2D eigenvalue weighted by Crippen LogP contribution is -2.46. The summed E-state index contributed by atoms with van der Waals surface area (Å²) in [6.07, 6.45) is 0. The van der Waals surface area contributed by atoms with Gasteiger partial charge < -0.3 is 20.1 Å². The number of hydrogen-bond acceptors (Lipinski definition) is 4. The fourth-order valence-electron chi connectivity index (χ4n) is 0.869. The van der Waals surface area contributed by atoms with Gasteiger partial charge in [-0.1, -0.05) is 0 Å². The lowest BCUT2D eigenvalue weighted by Gasteiger charge is -2.15. The Hall–Kier alpha value is -1.14. The van der Waals surface area contributed by atoms with Gasteiger partial charge in [0, 0.05) is 7.11 Å². The lowest BCUT2D eigenvalue weighted by atomic mass is 10.3. The van der Waals surface area contributed by atoms with E-state index in [1.165, 1.54) is 7.11 Å². The standard InChI is InChI=1S/C8H16N2O4/c1-10(2)4-7(11)9-6(5-14-3)8(12)13/h6H,4-5H2,1-3H3,(H,9,11)(H,12,13). The summed E-state index contributed by atoms with van der Waals surface area (Å²) in [5, 5.41) is 11.0. The molecule has 0 rings (SSSR count). The van der Waals surface area contributed by atoms with Crippen LogP contribution in [-0.4, -0.2) is 62.3 Å². The Morgan fingerprint density at radius 3 is 2.43 bits per heavy atom. The van der Waals surface area contributed by atoms with E-state index in [-0.39, 0.29) is 19.1 Å². The first-order valence-corrected chi connectivity index (χ1v) is 4.13. The number of carbonyl (C=O) groups is 2. The summed E-state index contributed by atoms with van der Waals surface area (Å²) in [6.45, 7) is 0.127. The number of likely N-dealkylation sites (N-methyl/N-ethyl adjacent to an activating group) is 1. The maximum atomic E-state index is 11.2. The molecule has 0 saturated carbocycles. The molecule has 1 unspecified atom stereocenters. The molecule has 0 bridgehead atoms. The van der Waals surface area contributed by atoms with Gasteiger partial charge in [0.05, 0.1) is 13.2 Å². The summed E-state index contributed by atoms with van der Waals surface area (Å²) >= 11 is 0. The van der Waals surface area contributed by atoms with E-state index in [2.05, 4.69) is 10.1 Å². The number of nitrogens with one attached hydrogen (secondary N) is 1. The number of rotatable bonds is 6. The van der Waals surface area contributed by atoms with Crippen molar-refractivity contribution in [2.45, 2.75) is 6.04 Å². The first-order chi connectivity index (χ1) is 6.47. The number of carbonyl (C=O) groups excluding carboxylic acids is 1. The van der Waals surface area contributed by atoms with Crippen LogP contribution in [0.3, 0.4) is 0 Å². The van der Waals surface area contributed by atoms with Crippen LogP contribution >= 0.6 is 0 Å². The molecule has 0 aliphatic rings. The van der Waals surface area contributed by atoms with Crippen LogP contribution in [0.1, 0.15) is 0 Å². The average molecular weight is 204 g/mol. The van der Waals surface area contributed by atoms with E-state index < -0.39 is 12.0 Å². The van der Waals surface area contributed by atoms with Gasteiger partial charge in [0.25, 0.3) is 0 Å². The molecule has 0 aromatic heterocycles. The van der Waals surface area contributed by atoms with Crippen molar-refractivity contribution >= 4 is 11.9 Å². The largest absolute Gasteiger partial charge is 0.480 e. The number of amides is 1. The molecular formula is C8H16N2O4. The minimum atomic E-state index is -1.10. The molecule has 6 nitrogen and oxygen atoms in total. The molecule has 0 aliphatic carbocycles. The SMILES string of the molecule is COCC(NC(=O)CN(C)C)C(=O)O. The zero-order valence-electron chi connectivity index (χ0n) is 8.61. The first-order valence-electron chi connectivity index (χ1n) is 4.13. The molecule has 0 spiro atoms. The zero-order chi connectivity index (χ0) is 11.1. The molecule has 82 valence electrons. The zero-order valence-corrected chi connectivity index (χ0v) is 8.61. The highest BCUT2D eigenvalue weighted by molar-refractivity contribution is 5.84. The van der Waals surface area contributed by atoms with Gasteiger partial charge in [-0.25, -0.2) is 4.79 Å². The van der Waals surface area contributed by atoms with E-state index in [0.29, 0.717) is 0 Å². The normalized spacial score (nSPS) is 12.6. The Labute approximate surface area is 82.8 Å². The van der Waals surface area contributed by atoms with Crippen LogP contribution in [0, 0.1) is 0 Å². The number of methoxy groups -OCH3 is 1. The van der Waals surface area contributed by atoms with Gasteiger partial charge in [-0.2, -0.15) is 0 Å². The molecule has 14 heavy (non-hydrogen) atoms. The van der Waals surface area contributed by atoms with Crippen molar-refractivity contribution < 1.29 is 19.4 Å². The monoisotopic (exact) mass is 204 g/mol. The number of nitrogens with zero attached hydrogens (tertiary/aromatic N) is 1.